The molecule has 0 bridgehead atoms. The highest BCUT2D eigenvalue weighted by Crippen LogP contribution is 2.36. The fourth-order valence-corrected chi connectivity index (χ4v) is 2.78. The van der Waals surface area contributed by atoms with Gasteiger partial charge in [-0.1, -0.05) is 20.8 Å². The summed E-state index contributed by atoms with van der Waals surface area (Å²) in [5.74, 6) is 0.669. The topological polar surface area (TPSA) is 43.8 Å². The van der Waals surface area contributed by atoms with E-state index in [-0.39, 0.29) is 6.04 Å². The van der Waals surface area contributed by atoms with Crippen molar-refractivity contribution < 1.29 is 0 Å². The number of hydrogen-bond donors (Lipinski definition) is 1. The van der Waals surface area contributed by atoms with Gasteiger partial charge in [-0.2, -0.15) is 5.10 Å². The quantitative estimate of drug-likeness (QED) is 0.861. The molecule has 0 amide bonds. The highest BCUT2D eigenvalue weighted by Gasteiger charge is 2.22. The first-order chi connectivity index (χ1) is 7.41. The monoisotopic (exact) mass is 241 g/mol. The molecule has 2 N–H and O–H groups in total. The summed E-state index contributed by atoms with van der Waals surface area (Å²) in [5.41, 5.74) is 7.30. The van der Waals surface area contributed by atoms with Gasteiger partial charge in [-0.05, 0) is 12.8 Å². The third-order valence-corrected chi connectivity index (χ3v) is 4.80. The van der Waals surface area contributed by atoms with Gasteiger partial charge >= 0.3 is 0 Å². The van der Waals surface area contributed by atoms with Crippen LogP contribution in [0.1, 0.15) is 38.5 Å². The van der Waals surface area contributed by atoms with E-state index in [9.17, 15) is 0 Å². The molecule has 1 aromatic heterocycles. The van der Waals surface area contributed by atoms with E-state index in [0.717, 1.165) is 0 Å². The van der Waals surface area contributed by atoms with Crippen molar-refractivity contribution in [3.8, 4) is 0 Å². The molecule has 0 aliphatic heterocycles. The van der Waals surface area contributed by atoms with Gasteiger partial charge in [-0.15, -0.1) is 11.8 Å². The van der Waals surface area contributed by atoms with Crippen LogP contribution in [0.3, 0.4) is 0 Å². The summed E-state index contributed by atoms with van der Waals surface area (Å²) in [7, 11) is 1.94. The van der Waals surface area contributed by atoms with Gasteiger partial charge in [0.1, 0.15) is 0 Å². The Bertz CT molecular complexity index is 320. The van der Waals surface area contributed by atoms with Crippen LogP contribution in [0, 0.1) is 5.92 Å². The zero-order valence-corrected chi connectivity index (χ0v) is 11.7. The minimum Gasteiger partial charge on any atom is -0.327 e. The maximum Gasteiger partial charge on any atom is 0.0533 e. The predicted octanol–water partition coefficient (Wildman–Crippen LogP) is 2.59. The van der Waals surface area contributed by atoms with E-state index in [1.165, 1.54) is 5.56 Å². The van der Waals surface area contributed by atoms with Crippen LogP contribution in [0.5, 0.6) is 0 Å². The fourth-order valence-electron chi connectivity index (χ4n) is 1.48. The fraction of sp³-hybridized carbons (Fsp3) is 0.750. The van der Waals surface area contributed by atoms with Crippen molar-refractivity contribution >= 4 is 11.8 Å². The molecule has 1 rings (SSSR count). The second-order valence-electron chi connectivity index (χ2n) is 4.81. The lowest BCUT2D eigenvalue weighted by atomic mass is 10.1. The Hall–Kier alpha value is -0.480. The molecular weight excluding hydrogens is 218 g/mol. The van der Waals surface area contributed by atoms with Gasteiger partial charge in [0, 0.05) is 35.3 Å². The lowest BCUT2D eigenvalue weighted by molar-refractivity contribution is 0.631. The summed E-state index contributed by atoms with van der Waals surface area (Å²) in [6.07, 6.45) is 3.99. The number of aryl methyl sites for hydroxylation is 1. The van der Waals surface area contributed by atoms with Crippen LogP contribution in [0.4, 0.5) is 0 Å². The Kier molecular flexibility index (Phi) is 4.87. The molecule has 16 heavy (non-hydrogen) atoms. The van der Waals surface area contributed by atoms with Gasteiger partial charge < -0.3 is 5.73 Å². The van der Waals surface area contributed by atoms with E-state index in [0.29, 0.717) is 16.4 Å². The number of nitrogens with zero attached hydrogens (tertiary/aromatic N) is 2. The van der Waals surface area contributed by atoms with E-state index in [2.05, 4.69) is 39.0 Å². The predicted molar refractivity (Wildman–Crippen MR) is 71.5 cm³/mol. The van der Waals surface area contributed by atoms with Crippen molar-refractivity contribution in [2.75, 3.05) is 0 Å². The molecule has 1 heterocycles. The summed E-state index contributed by atoms with van der Waals surface area (Å²) in [5, 5.41) is 5.17. The molecule has 0 spiro atoms. The van der Waals surface area contributed by atoms with Crippen LogP contribution in [0.15, 0.2) is 12.4 Å². The number of hydrogen-bond acceptors (Lipinski definition) is 3. The second-order valence-corrected chi connectivity index (χ2v) is 6.34. The maximum absolute atomic E-state index is 6.07. The van der Waals surface area contributed by atoms with Crippen LogP contribution < -0.4 is 5.73 Å². The van der Waals surface area contributed by atoms with Crippen molar-refractivity contribution in [1.29, 1.82) is 0 Å². The van der Waals surface area contributed by atoms with E-state index >= 15 is 0 Å². The number of aromatic nitrogens is 2. The van der Waals surface area contributed by atoms with Gasteiger partial charge in [0.05, 0.1) is 6.20 Å². The van der Waals surface area contributed by atoms with E-state index in [1.807, 2.05) is 29.7 Å². The zero-order chi connectivity index (χ0) is 12.3. The van der Waals surface area contributed by atoms with E-state index < -0.39 is 0 Å². The van der Waals surface area contributed by atoms with Gasteiger partial charge in [0.15, 0.2) is 0 Å². The number of nitrogens with two attached hydrogens (primary N) is 1. The van der Waals surface area contributed by atoms with Crippen molar-refractivity contribution in [3.05, 3.63) is 18.0 Å². The van der Waals surface area contributed by atoms with Crippen molar-refractivity contribution in [1.82, 2.24) is 9.78 Å². The molecule has 4 heteroatoms. The number of rotatable bonds is 5. The van der Waals surface area contributed by atoms with Gasteiger partial charge in [-0.3, -0.25) is 4.68 Å². The van der Waals surface area contributed by atoms with Crippen LogP contribution in [0.25, 0.3) is 0 Å². The third kappa shape index (κ3) is 3.52. The minimum absolute atomic E-state index is 0.149. The summed E-state index contributed by atoms with van der Waals surface area (Å²) in [6, 6.07) is 0.149. The van der Waals surface area contributed by atoms with Gasteiger partial charge in [0.25, 0.3) is 0 Å². The van der Waals surface area contributed by atoms with Crippen molar-refractivity contribution in [2.45, 2.75) is 44.2 Å². The third-order valence-electron chi connectivity index (χ3n) is 2.83. The first-order valence-corrected chi connectivity index (χ1v) is 6.75. The molecule has 92 valence electrons. The lowest BCUT2D eigenvalue weighted by Crippen LogP contribution is -2.24. The Morgan fingerprint density at radius 1 is 1.31 bits per heavy atom. The normalized spacial score (nSPS) is 17.4. The maximum atomic E-state index is 6.07. The Balaban J connectivity index is 2.76. The first kappa shape index (κ1) is 13.6. The molecule has 0 saturated heterocycles. The SMILES string of the molecule is CC(C)C(C)SC(c1cnn(C)c1)C(C)N. The molecule has 0 aromatic carbocycles. The highest BCUT2D eigenvalue weighted by atomic mass is 32.2. The van der Waals surface area contributed by atoms with Crippen molar-refractivity contribution in [2.24, 2.45) is 18.7 Å². The highest BCUT2D eigenvalue weighted by molar-refractivity contribution is 8.00. The molecule has 1 aromatic rings. The smallest absolute Gasteiger partial charge is 0.0533 e. The first-order valence-electron chi connectivity index (χ1n) is 5.81. The molecule has 0 aliphatic rings. The van der Waals surface area contributed by atoms with Crippen molar-refractivity contribution in [3.63, 3.8) is 0 Å². The minimum atomic E-state index is 0.149. The number of thioether (sulfide) groups is 1. The standard InChI is InChI=1S/C12H23N3S/c1-8(2)10(4)16-12(9(3)13)11-6-14-15(5)7-11/h6-10,12H,13H2,1-5H3. The Morgan fingerprint density at radius 3 is 2.31 bits per heavy atom. The van der Waals surface area contributed by atoms with E-state index in [1.54, 1.807) is 0 Å². The summed E-state index contributed by atoms with van der Waals surface area (Å²) in [4.78, 5) is 0. The van der Waals surface area contributed by atoms with Crippen LogP contribution in [-0.4, -0.2) is 21.1 Å². The van der Waals surface area contributed by atoms with Gasteiger partial charge in [0.2, 0.25) is 0 Å². The molecule has 0 radical (unpaired) electrons. The molecule has 3 unspecified atom stereocenters. The molecule has 3 atom stereocenters. The van der Waals surface area contributed by atoms with Crippen LogP contribution in [-0.2, 0) is 7.05 Å². The average Bonchev–Trinajstić information content (AvgIpc) is 2.59. The molecule has 0 aliphatic carbocycles. The summed E-state index contributed by atoms with van der Waals surface area (Å²) >= 11 is 1.95. The zero-order valence-electron chi connectivity index (χ0n) is 10.8. The Labute approximate surface area is 103 Å². The second kappa shape index (κ2) is 5.73. The lowest BCUT2D eigenvalue weighted by Gasteiger charge is -2.25. The molecule has 3 nitrogen and oxygen atoms in total. The van der Waals surface area contributed by atoms with Crippen LogP contribution in [0.2, 0.25) is 0 Å². The Morgan fingerprint density at radius 2 is 1.94 bits per heavy atom. The molecule has 0 saturated carbocycles. The molecular formula is C12H23N3S. The summed E-state index contributed by atoms with van der Waals surface area (Å²) in [6.45, 7) is 8.83. The summed E-state index contributed by atoms with van der Waals surface area (Å²) < 4.78 is 1.84. The largest absolute Gasteiger partial charge is 0.327 e. The van der Waals surface area contributed by atoms with E-state index in [4.69, 9.17) is 5.73 Å². The van der Waals surface area contributed by atoms with Crippen LogP contribution >= 0.6 is 11.8 Å². The average molecular weight is 241 g/mol. The van der Waals surface area contributed by atoms with Gasteiger partial charge in [-0.25, -0.2) is 0 Å². The molecule has 0 fully saturated rings.